The first-order chi connectivity index (χ1) is 9.45. The maximum absolute atomic E-state index is 13.0. The van der Waals surface area contributed by atoms with Crippen molar-refractivity contribution >= 4 is 38.9 Å². The Kier molecular flexibility index (Phi) is 4.57. The first-order valence-electron chi connectivity index (χ1n) is 5.58. The van der Waals surface area contributed by atoms with E-state index in [0.717, 1.165) is 5.56 Å². The first-order valence-corrected chi connectivity index (χ1v) is 6.75. The lowest BCUT2D eigenvalue weighted by molar-refractivity contribution is -0.385. The molecule has 0 spiro atoms. The number of hydrogen-bond acceptors (Lipinski definition) is 3. The minimum atomic E-state index is -0.490. The van der Waals surface area contributed by atoms with Crippen molar-refractivity contribution < 1.29 is 9.31 Å². The van der Waals surface area contributed by atoms with Crippen LogP contribution in [-0.2, 0) is 6.54 Å². The van der Waals surface area contributed by atoms with Crippen molar-refractivity contribution in [3.63, 3.8) is 0 Å². The third-order valence-corrected chi connectivity index (χ3v) is 3.32. The van der Waals surface area contributed by atoms with Gasteiger partial charge in [-0.1, -0.05) is 27.5 Å². The van der Waals surface area contributed by atoms with Crippen LogP contribution in [-0.4, -0.2) is 4.92 Å². The smallest absolute Gasteiger partial charge is 0.270 e. The van der Waals surface area contributed by atoms with Crippen molar-refractivity contribution in [3.8, 4) is 0 Å². The summed E-state index contributed by atoms with van der Waals surface area (Å²) in [5.41, 5.74) is 1.37. The van der Waals surface area contributed by atoms with Crippen molar-refractivity contribution in [2.75, 3.05) is 5.32 Å². The maximum atomic E-state index is 13.0. The van der Waals surface area contributed by atoms with Gasteiger partial charge in [-0.05, 0) is 29.8 Å². The summed E-state index contributed by atoms with van der Waals surface area (Å²) < 4.78 is 13.6. The molecule has 7 heteroatoms. The van der Waals surface area contributed by atoms with E-state index < -0.39 is 10.7 Å². The Morgan fingerprint density at radius 3 is 2.70 bits per heavy atom. The predicted molar refractivity (Wildman–Crippen MR) is 79.5 cm³/mol. The van der Waals surface area contributed by atoms with Crippen molar-refractivity contribution in [3.05, 3.63) is 67.4 Å². The second-order valence-corrected chi connectivity index (χ2v) is 5.38. The zero-order valence-corrected chi connectivity index (χ0v) is 12.4. The predicted octanol–water partition coefficient (Wildman–Crippen LogP) is 4.76. The fraction of sp³-hybridized carbons (Fsp3) is 0.0769. The van der Waals surface area contributed by atoms with Gasteiger partial charge in [0.05, 0.1) is 9.95 Å². The fourth-order valence-electron chi connectivity index (χ4n) is 1.65. The SMILES string of the molecule is O=[N+]([O-])c1cc(Br)cc(CNc2ccc(F)c(Cl)c2)c1. The van der Waals surface area contributed by atoms with E-state index in [1.54, 1.807) is 12.1 Å². The van der Waals surface area contributed by atoms with Gasteiger partial charge in [-0.3, -0.25) is 10.1 Å². The number of nitro benzene ring substituents is 1. The summed E-state index contributed by atoms with van der Waals surface area (Å²) in [6, 6.07) is 8.94. The van der Waals surface area contributed by atoms with Gasteiger partial charge in [-0.2, -0.15) is 0 Å². The first kappa shape index (κ1) is 14.7. The van der Waals surface area contributed by atoms with E-state index in [4.69, 9.17) is 11.6 Å². The van der Waals surface area contributed by atoms with Gasteiger partial charge in [-0.15, -0.1) is 0 Å². The van der Waals surface area contributed by atoms with Crippen LogP contribution in [0.4, 0.5) is 15.8 Å². The molecule has 0 amide bonds. The van der Waals surface area contributed by atoms with Crippen LogP contribution in [0.3, 0.4) is 0 Å². The number of anilines is 1. The Bertz CT molecular complexity index is 667. The van der Waals surface area contributed by atoms with Gasteiger partial charge in [0.1, 0.15) is 5.82 Å². The quantitative estimate of drug-likeness (QED) is 0.632. The lowest BCUT2D eigenvalue weighted by atomic mass is 10.2. The molecule has 0 saturated heterocycles. The number of non-ortho nitro benzene ring substituents is 1. The van der Waals surface area contributed by atoms with Crippen LogP contribution in [0.1, 0.15) is 5.56 Å². The van der Waals surface area contributed by atoms with E-state index in [2.05, 4.69) is 21.2 Å². The summed E-state index contributed by atoms with van der Waals surface area (Å²) in [5, 5.41) is 13.8. The van der Waals surface area contributed by atoms with E-state index in [1.165, 1.54) is 24.3 Å². The van der Waals surface area contributed by atoms with Crippen molar-refractivity contribution in [1.29, 1.82) is 0 Å². The molecule has 2 aromatic carbocycles. The normalized spacial score (nSPS) is 10.3. The fourth-order valence-corrected chi connectivity index (χ4v) is 2.36. The molecule has 0 saturated carbocycles. The lowest BCUT2D eigenvalue weighted by Crippen LogP contribution is -2.00. The summed E-state index contributed by atoms with van der Waals surface area (Å²) in [6.45, 7) is 0.363. The van der Waals surface area contributed by atoms with E-state index in [9.17, 15) is 14.5 Å². The largest absolute Gasteiger partial charge is 0.381 e. The highest BCUT2D eigenvalue weighted by atomic mass is 79.9. The Morgan fingerprint density at radius 2 is 2.05 bits per heavy atom. The van der Waals surface area contributed by atoms with Gasteiger partial charge < -0.3 is 5.32 Å². The highest BCUT2D eigenvalue weighted by molar-refractivity contribution is 9.10. The van der Waals surface area contributed by atoms with Crippen molar-refractivity contribution in [2.45, 2.75) is 6.54 Å². The van der Waals surface area contributed by atoms with Gasteiger partial charge in [0, 0.05) is 28.8 Å². The summed E-state index contributed by atoms with van der Waals surface area (Å²) in [4.78, 5) is 10.3. The van der Waals surface area contributed by atoms with Crippen LogP contribution in [0, 0.1) is 15.9 Å². The molecule has 0 aliphatic heterocycles. The minimum Gasteiger partial charge on any atom is -0.381 e. The number of nitrogens with zero attached hydrogens (tertiary/aromatic N) is 1. The number of halogens is 3. The lowest BCUT2D eigenvalue weighted by Gasteiger charge is -2.08. The Morgan fingerprint density at radius 1 is 1.30 bits per heavy atom. The molecule has 0 aromatic heterocycles. The molecule has 4 nitrogen and oxygen atoms in total. The molecule has 0 unspecified atom stereocenters. The third kappa shape index (κ3) is 3.68. The van der Waals surface area contributed by atoms with Crippen LogP contribution in [0.15, 0.2) is 40.9 Å². The maximum Gasteiger partial charge on any atom is 0.270 e. The van der Waals surface area contributed by atoms with Crippen molar-refractivity contribution in [1.82, 2.24) is 0 Å². The van der Waals surface area contributed by atoms with Crippen LogP contribution >= 0.6 is 27.5 Å². The topological polar surface area (TPSA) is 55.2 Å². The Labute approximate surface area is 127 Å². The van der Waals surface area contributed by atoms with Crippen LogP contribution in [0.5, 0.6) is 0 Å². The molecular weight excluding hydrogens is 351 g/mol. The van der Waals surface area contributed by atoms with E-state index in [1.807, 2.05) is 0 Å². The number of rotatable bonds is 4. The molecule has 0 fully saturated rings. The van der Waals surface area contributed by atoms with E-state index in [0.29, 0.717) is 16.7 Å². The third-order valence-electron chi connectivity index (χ3n) is 2.57. The molecule has 104 valence electrons. The van der Waals surface area contributed by atoms with Gasteiger partial charge in [-0.25, -0.2) is 4.39 Å². The van der Waals surface area contributed by atoms with E-state index in [-0.39, 0.29) is 10.7 Å². The molecule has 2 rings (SSSR count). The number of hydrogen-bond donors (Lipinski definition) is 1. The zero-order chi connectivity index (χ0) is 14.7. The standard InChI is InChI=1S/C13H9BrClFN2O2/c14-9-3-8(4-11(5-9)18(19)20)7-17-10-1-2-13(16)12(15)6-10/h1-6,17H,7H2. The van der Waals surface area contributed by atoms with E-state index >= 15 is 0 Å². The van der Waals surface area contributed by atoms with Gasteiger partial charge in [0.25, 0.3) is 5.69 Å². The highest BCUT2D eigenvalue weighted by Crippen LogP contribution is 2.23. The molecule has 20 heavy (non-hydrogen) atoms. The molecule has 1 N–H and O–H groups in total. The average Bonchev–Trinajstić information content (AvgIpc) is 2.39. The molecule has 0 radical (unpaired) electrons. The zero-order valence-electron chi connectivity index (χ0n) is 10.1. The highest BCUT2D eigenvalue weighted by Gasteiger charge is 2.09. The van der Waals surface area contributed by atoms with Crippen LogP contribution in [0.25, 0.3) is 0 Å². The van der Waals surface area contributed by atoms with Gasteiger partial charge in [0.2, 0.25) is 0 Å². The second kappa shape index (κ2) is 6.19. The molecule has 0 atom stereocenters. The van der Waals surface area contributed by atoms with Crippen molar-refractivity contribution in [2.24, 2.45) is 0 Å². The van der Waals surface area contributed by atoms with Crippen LogP contribution < -0.4 is 5.32 Å². The van der Waals surface area contributed by atoms with Gasteiger partial charge in [0.15, 0.2) is 0 Å². The van der Waals surface area contributed by atoms with Crippen LogP contribution in [0.2, 0.25) is 5.02 Å². The molecular formula is C13H9BrClFN2O2. The summed E-state index contributed by atoms with van der Waals surface area (Å²) >= 11 is 8.90. The minimum absolute atomic E-state index is 0.00770. The molecule has 0 bridgehead atoms. The number of benzene rings is 2. The molecule has 0 aliphatic carbocycles. The summed E-state index contributed by atoms with van der Waals surface area (Å²) in [7, 11) is 0. The summed E-state index contributed by atoms with van der Waals surface area (Å²) in [6.07, 6.45) is 0. The Hall–Kier alpha value is -1.66. The Balaban J connectivity index is 2.14. The molecule has 0 heterocycles. The summed E-state index contributed by atoms with van der Waals surface area (Å²) in [5.74, 6) is -0.490. The number of nitro groups is 1. The molecule has 2 aromatic rings. The second-order valence-electron chi connectivity index (χ2n) is 4.06. The van der Waals surface area contributed by atoms with Gasteiger partial charge >= 0.3 is 0 Å². The average molecular weight is 360 g/mol. The monoisotopic (exact) mass is 358 g/mol. The molecule has 0 aliphatic rings. The number of nitrogens with one attached hydrogen (secondary N) is 1.